The molecule has 152 valence electrons. The number of morpholine rings is 1. The van der Waals surface area contributed by atoms with Gasteiger partial charge in [-0.2, -0.15) is 4.31 Å². The fourth-order valence-electron chi connectivity index (χ4n) is 3.22. The fourth-order valence-corrected chi connectivity index (χ4v) is 4.63. The number of hydrogen-bond acceptors (Lipinski definition) is 6. The van der Waals surface area contributed by atoms with E-state index in [0.717, 1.165) is 24.5 Å². The second-order valence-electron chi connectivity index (χ2n) is 6.73. The number of ether oxygens (including phenoxy) is 1. The van der Waals surface area contributed by atoms with Gasteiger partial charge in [-0.3, -0.25) is 9.79 Å². The molecule has 0 aliphatic carbocycles. The Morgan fingerprint density at radius 1 is 1.03 bits per heavy atom. The number of sulfonamides is 1. The summed E-state index contributed by atoms with van der Waals surface area (Å²) in [5.41, 5.74) is 2.01. The first-order chi connectivity index (χ1) is 14.0. The van der Waals surface area contributed by atoms with E-state index in [1.54, 1.807) is 0 Å². The summed E-state index contributed by atoms with van der Waals surface area (Å²) in [6, 6.07) is 13.4. The topological polar surface area (TPSA) is 100 Å². The zero-order valence-corrected chi connectivity index (χ0v) is 16.6. The first-order valence-electron chi connectivity index (χ1n) is 9.42. The molecule has 0 atom stereocenters. The molecule has 2 N–H and O–H groups in total. The van der Waals surface area contributed by atoms with E-state index in [1.165, 1.54) is 28.6 Å². The number of carbonyl (C=O) groups excluding carboxylic acids is 1. The van der Waals surface area contributed by atoms with Crippen molar-refractivity contribution in [3.8, 4) is 0 Å². The maximum Gasteiger partial charge on any atom is 0.255 e. The molecule has 0 radical (unpaired) electrons. The monoisotopic (exact) mass is 414 g/mol. The van der Waals surface area contributed by atoms with Gasteiger partial charge in [0.05, 0.1) is 24.7 Å². The van der Waals surface area contributed by atoms with Gasteiger partial charge < -0.3 is 15.4 Å². The van der Waals surface area contributed by atoms with Crippen molar-refractivity contribution in [1.29, 1.82) is 0 Å². The largest absolute Gasteiger partial charge is 0.379 e. The Balaban J connectivity index is 1.42. The van der Waals surface area contributed by atoms with Gasteiger partial charge in [-0.1, -0.05) is 0 Å². The molecule has 0 unspecified atom stereocenters. The molecule has 0 spiro atoms. The van der Waals surface area contributed by atoms with Gasteiger partial charge in [0, 0.05) is 36.4 Å². The van der Waals surface area contributed by atoms with Crippen LogP contribution in [0.2, 0.25) is 0 Å². The molecular weight excluding hydrogens is 392 g/mol. The van der Waals surface area contributed by atoms with E-state index in [-0.39, 0.29) is 10.8 Å². The molecular formula is C20H22N4O4S. The summed E-state index contributed by atoms with van der Waals surface area (Å²) in [5.74, 6) is 0.560. The minimum Gasteiger partial charge on any atom is -0.379 e. The first kappa shape index (κ1) is 19.6. The maximum atomic E-state index is 12.7. The highest BCUT2D eigenvalue weighted by atomic mass is 32.2. The molecule has 9 heteroatoms. The second kappa shape index (κ2) is 8.32. The lowest BCUT2D eigenvalue weighted by Crippen LogP contribution is -2.40. The summed E-state index contributed by atoms with van der Waals surface area (Å²) in [4.78, 5) is 17.0. The molecule has 4 rings (SSSR count). The van der Waals surface area contributed by atoms with Crippen LogP contribution in [0.5, 0.6) is 0 Å². The molecule has 1 saturated heterocycles. The molecule has 2 aromatic rings. The summed E-state index contributed by atoms with van der Waals surface area (Å²) in [6.07, 6.45) is 0. The van der Waals surface area contributed by atoms with Crippen LogP contribution in [-0.2, 0) is 14.8 Å². The molecule has 1 fully saturated rings. The van der Waals surface area contributed by atoms with Crippen LogP contribution in [0.1, 0.15) is 15.9 Å². The third-order valence-corrected chi connectivity index (χ3v) is 6.73. The van der Waals surface area contributed by atoms with E-state index in [1.807, 2.05) is 24.3 Å². The van der Waals surface area contributed by atoms with Gasteiger partial charge in [0.25, 0.3) is 5.91 Å². The molecule has 2 aliphatic rings. The Bertz CT molecular complexity index is 1010. The standard InChI is InChI=1S/C20H22N4O4S/c25-20(23-17-5-1-15(2-6-17)19-21-9-10-22-19)16-3-7-18(8-4-16)29(26,27)24-11-13-28-14-12-24/h1-8H,9-14H2,(H,21,22)(H,23,25). The normalized spacial score (nSPS) is 17.4. The van der Waals surface area contributed by atoms with Crippen molar-refractivity contribution in [2.24, 2.45) is 4.99 Å². The van der Waals surface area contributed by atoms with Gasteiger partial charge in [-0.05, 0) is 48.5 Å². The molecule has 0 bridgehead atoms. The van der Waals surface area contributed by atoms with Gasteiger partial charge in [-0.15, -0.1) is 0 Å². The van der Waals surface area contributed by atoms with Crippen molar-refractivity contribution < 1.29 is 17.9 Å². The van der Waals surface area contributed by atoms with Crippen LogP contribution in [0.25, 0.3) is 0 Å². The Kier molecular flexibility index (Phi) is 5.61. The highest BCUT2D eigenvalue weighted by molar-refractivity contribution is 7.89. The Morgan fingerprint density at radius 3 is 2.34 bits per heavy atom. The Hall–Kier alpha value is -2.75. The summed E-state index contributed by atoms with van der Waals surface area (Å²) in [5, 5.41) is 6.03. The van der Waals surface area contributed by atoms with E-state index in [4.69, 9.17) is 4.74 Å². The molecule has 2 aliphatic heterocycles. The average Bonchev–Trinajstić information content (AvgIpc) is 3.30. The number of aliphatic imine (C=N–C) groups is 1. The van der Waals surface area contributed by atoms with E-state index in [0.29, 0.717) is 37.6 Å². The number of amides is 1. The number of anilines is 1. The number of rotatable bonds is 5. The highest BCUT2D eigenvalue weighted by Gasteiger charge is 2.26. The van der Waals surface area contributed by atoms with E-state index >= 15 is 0 Å². The van der Waals surface area contributed by atoms with Crippen molar-refractivity contribution in [3.05, 3.63) is 59.7 Å². The van der Waals surface area contributed by atoms with E-state index in [9.17, 15) is 13.2 Å². The van der Waals surface area contributed by atoms with Crippen LogP contribution < -0.4 is 10.6 Å². The predicted molar refractivity (Wildman–Crippen MR) is 110 cm³/mol. The number of amidine groups is 1. The molecule has 0 saturated carbocycles. The molecule has 2 aromatic carbocycles. The molecule has 1 amide bonds. The number of nitrogens with zero attached hydrogens (tertiary/aromatic N) is 2. The quantitative estimate of drug-likeness (QED) is 0.768. The molecule has 2 heterocycles. The molecule has 29 heavy (non-hydrogen) atoms. The van der Waals surface area contributed by atoms with Gasteiger partial charge in [0.2, 0.25) is 10.0 Å². The number of benzene rings is 2. The van der Waals surface area contributed by atoms with Crippen LogP contribution in [0.4, 0.5) is 5.69 Å². The minimum atomic E-state index is -3.57. The highest BCUT2D eigenvalue weighted by Crippen LogP contribution is 2.19. The Morgan fingerprint density at radius 2 is 1.72 bits per heavy atom. The Labute approximate surface area is 169 Å². The van der Waals surface area contributed by atoms with Crippen LogP contribution in [0.3, 0.4) is 0 Å². The van der Waals surface area contributed by atoms with E-state index < -0.39 is 10.0 Å². The third-order valence-electron chi connectivity index (χ3n) is 4.81. The maximum absolute atomic E-state index is 12.7. The van der Waals surface area contributed by atoms with Crippen LogP contribution in [0, 0.1) is 0 Å². The van der Waals surface area contributed by atoms with Crippen LogP contribution >= 0.6 is 0 Å². The van der Waals surface area contributed by atoms with Crippen LogP contribution in [-0.4, -0.2) is 63.9 Å². The minimum absolute atomic E-state index is 0.171. The number of hydrogen-bond donors (Lipinski definition) is 2. The summed E-state index contributed by atoms with van der Waals surface area (Å²) < 4.78 is 31.9. The lowest BCUT2D eigenvalue weighted by Gasteiger charge is -2.26. The molecule has 0 aromatic heterocycles. The number of nitrogens with one attached hydrogen (secondary N) is 2. The van der Waals surface area contributed by atoms with Crippen molar-refractivity contribution in [1.82, 2.24) is 9.62 Å². The third kappa shape index (κ3) is 4.31. The van der Waals surface area contributed by atoms with Gasteiger partial charge in [0.15, 0.2) is 0 Å². The van der Waals surface area contributed by atoms with Crippen molar-refractivity contribution >= 4 is 27.5 Å². The SMILES string of the molecule is O=C(Nc1ccc(C2=NCCN2)cc1)c1ccc(S(=O)(=O)N2CCOCC2)cc1. The summed E-state index contributed by atoms with van der Waals surface area (Å²) in [7, 11) is -3.57. The smallest absolute Gasteiger partial charge is 0.255 e. The van der Waals surface area contributed by atoms with Crippen molar-refractivity contribution in [2.45, 2.75) is 4.90 Å². The summed E-state index contributed by atoms with van der Waals surface area (Å²) >= 11 is 0. The predicted octanol–water partition coefficient (Wildman–Crippen LogP) is 1.31. The second-order valence-corrected chi connectivity index (χ2v) is 8.67. The van der Waals surface area contributed by atoms with Crippen molar-refractivity contribution in [2.75, 3.05) is 44.7 Å². The average molecular weight is 414 g/mol. The zero-order chi connectivity index (χ0) is 20.3. The molecule has 8 nitrogen and oxygen atoms in total. The number of carbonyl (C=O) groups is 1. The fraction of sp³-hybridized carbons (Fsp3) is 0.300. The zero-order valence-electron chi connectivity index (χ0n) is 15.8. The van der Waals surface area contributed by atoms with Crippen LogP contribution in [0.15, 0.2) is 58.4 Å². The lowest BCUT2D eigenvalue weighted by atomic mass is 10.1. The van der Waals surface area contributed by atoms with Gasteiger partial charge in [0.1, 0.15) is 5.84 Å². The van der Waals surface area contributed by atoms with E-state index in [2.05, 4.69) is 15.6 Å². The van der Waals surface area contributed by atoms with Gasteiger partial charge >= 0.3 is 0 Å². The van der Waals surface area contributed by atoms with Gasteiger partial charge in [-0.25, -0.2) is 8.42 Å². The van der Waals surface area contributed by atoms with Crippen molar-refractivity contribution in [3.63, 3.8) is 0 Å². The first-order valence-corrected chi connectivity index (χ1v) is 10.9. The summed E-state index contributed by atoms with van der Waals surface area (Å²) in [6.45, 7) is 3.06. The lowest BCUT2D eigenvalue weighted by molar-refractivity contribution is 0.0730.